The largest absolute Gasteiger partial charge is 0.354 e. The van der Waals surface area contributed by atoms with Crippen LogP contribution in [0.3, 0.4) is 0 Å². The lowest BCUT2D eigenvalue weighted by molar-refractivity contribution is -0.110. The highest BCUT2D eigenvalue weighted by molar-refractivity contribution is 7.93. The minimum Gasteiger partial charge on any atom is -0.354 e. The minimum atomic E-state index is -3.42. The van der Waals surface area contributed by atoms with Crippen LogP contribution in [0.2, 0.25) is 0 Å². The van der Waals surface area contributed by atoms with E-state index in [0.717, 1.165) is 44.0 Å². The molecular formula is C29H31N5O3S. The first-order valence-electron chi connectivity index (χ1n) is 13.0. The molecule has 2 aliphatic heterocycles. The van der Waals surface area contributed by atoms with Crippen LogP contribution < -0.4 is 20.7 Å². The quantitative estimate of drug-likeness (QED) is 0.330. The molecule has 8 nitrogen and oxygen atoms in total. The van der Waals surface area contributed by atoms with Gasteiger partial charge in [0.1, 0.15) is 0 Å². The van der Waals surface area contributed by atoms with E-state index in [1.807, 2.05) is 42.5 Å². The molecule has 0 radical (unpaired) electrons. The minimum absolute atomic E-state index is 0.233. The summed E-state index contributed by atoms with van der Waals surface area (Å²) in [6.45, 7) is 5.01. The van der Waals surface area contributed by atoms with Crippen LogP contribution in [0.25, 0.3) is 11.3 Å². The number of nitrogens with zero attached hydrogens (tertiary/aromatic N) is 1. The SMILES string of the molecule is O=C1Nc2ccc(NS(=O)(=O)C3CC3)cc2C1=C(Nc1ccc(CN2CCNCC2)cc1)c1ccccc1. The lowest BCUT2D eigenvalue weighted by Crippen LogP contribution is -2.42. The van der Waals surface area contributed by atoms with E-state index in [4.69, 9.17) is 0 Å². The van der Waals surface area contributed by atoms with E-state index in [1.165, 1.54) is 5.56 Å². The molecular weight excluding hydrogens is 498 g/mol. The normalized spacial score (nSPS) is 19.0. The Bertz CT molecular complexity index is 1480. The molecule has 0 aromatic heterocycles. The molecule has 1 aliphatic carbocycles. The molecule has 1 amide bonds. The topological polar surface area (TPSA) is 103 Å². The summed E-state index contributed by atoms with van der Waals surface area (Å²) < 4.78 is 27.8. The zero-order chi connectivity index (χ0) is 26.1. The Hall–Kier alpha value is -3.66. The fraction of sp³-hybridized carbons (Fsp3) is 0.276. The summed E-state index contributed by atoms with van der Waals surface area (Å²) in [5.41, 5.74) is 5.87. The molecule has 3 aromatic carbocycles. The summed E-state index contributed by atoms with van der Waals surface area (Å²) >= 11 is 0. The molecule has 38 heavy (non-hydrogen) atoms. The first-order chi connectivity index (χ1) is 18.5. The third-order valence-electron chi connectivity index (χ3n) is 7.14. The highest BCUT2D eigenvalue weighted by atomic mass is 32.2. The zero-order valence-corrected chi connectivity index (χ0v) is 21.9. The molecule has 0 atom stereocenters. The lowest BCUT2D eigenvalue weighted by atomic mass is 9.99. The van der Waals surface area contributed by atoms with Gasteiger partial charge < -0.3 is 16.0 Å². The number of sulfonamides is 1. The number of benzene rings is 3. The van der Waals surface area contributed by atoms with E-state index in [9.17, 15) is 13.2 Å². The van der Waals surface area contributed by atoms with E-state index in [1.54, 1.807) is 18.2 Å². The zero-order valence-electron chi connectivity index (χ0n) is 21.0. The number of carbonyl (C=O) groups is 1. The van der Waals surface area contributed by atoms with Crippen molar-refractivity contribution < 1.29 is 13.2 Å². The maximum Gasteiger partial charge on any atom is 0.258 e. The number of fused-ring (bicyclic) bond motifs is 1. The molecule has 1 saturated carbocycles. The van der Waals surface area contributed by atoms with Gasteiger partial charge in [-0.15, -0.1) is 0 Å². The highest BCUT2D eigenvalue weighted by Crippen LogP contribution is 2.39. The maximum atomic E-state index is 13.3. The van der Waals surface area contributed by atoms with E-state index >= 15 is 0 Å². The van der Waals surface area contributed by atoms with Gasteiger partial charge in [-0.2, -0.15) is 0 Å². The number of carbonyl (C=O) groups excluding carboxylic acids is 1. The number of hydrogen-bond acceptors (Lipinski definition) is 6. The number of rotatable bonds is 8. The molecule has 2 fully saturated rings. The van der Waals surface area contributed by atoms with Crippen LogP contribution in [-0.4, -0.2) is 50.7 Å². The molecule has 2 heterocycles. The summed E-state index contributed by atoms with van der Waals surface area (Å²) in [6, 6.07) is 23.2. The van der Waals surface area contributed by atoms with Crippen molar-refractivity contribution in [3.63, 3.8) is 0 Å². The van der Waals surface area contributed by atoms with Crippen LogP contribution in [0, 0.1) is 0 Å². The second kappa shape index (κ2) is 10.2. The van der Waals surface area contributed by atoms with Gasteiger partial charge in [0, 0.05) is 55.3 Å². The smallest absolute Gasteiger partial charge is 0.258 e. The fourth-order valence-corrected chi connectivity index (χ4v) is 6.33. The molecule has 9 heteroatoms. The van der Waals surface area contributed by atoms with Crippen molar-refractivity contribution >= 4 is 44.3 Å². The van der Waals surface area contributed by atoms with E-state index < -0.39 is 10.0 Å². The lowest BCUT2D eigenvalue weighted by Gasteiger charge is -2.27. The van der Waals surface area contributed by atoms with Crippen LogP contribution in [0.4, 0.5) is 17.1 Å². The molecule has 1 saturated heterocycles. The van der Waals surface area contributed by atoms with Crippen molar-refractivity contribution in [2.75, 3.05) is 41.5 Å². The van der Waals surface area contributed by atoms with Crippen LogP contribution in [0.15, 0.2) is 72.8 Å². The Morgan fingerprint density at radius 1 is 0.921 bits per heavy atom. The van der Waals surface area contributed by atoms with Crippen molar-refractivity contribution in [1.29, 1.82) is 0 Å². The van der Waals surface area contributed by atoms with Gasteiger partial charge in [0.05, 0.1) is 16.5 Å². The molecule has 0 spiro atoms. The summed E-state index contributed by atoms with van der Waals surface area (Å²) in [4.78, 5) is 15.7. The molecule has 0 bridgehead atoms. The predicted molar refractivity (Wildman–Crippen MR) is 152 cm³/mol. The second-order valence-corrected chi connectivity index (χ2v) is 12.0. The number of hydrogen-bond donors (Lipinski definition) is 4. The van der Waals surface area contributed by atoms with Crippen molar-refractivity contribution in [1.82, 2.24) is 10.2 Å². The average molecular weight is 530 g/mol. The number of piperazine rings is 1. The standard InChI is InChI=1S/C29H31N5O3S/c35-29-27(25-18-23(10-13-26(25)32-29)33-38(36,37)24-11-12-24)28(21-4-2-1-3-5-21)31-22-8-6-20(7-9-22)19-34-16-14-30-15-17-34/h1-10,13,18,24,30-31,33H,11-12,14-17,19H2,(H,32,35). The van der Waals surface area contributed by atoms with Gasteiger partial charge in [0.25, 0.3) is 5.91 Å². The van der Waals surface area contributed by atoms with Crippen molar-refractivity contribution in [3.05, 3.63) is 89.5 Å². The summed E-state index contributed by atoms with van der Waals surface area (Å²) in [7, 11) is -3.42. The first kappa shape index (κ1) is 24.7. The Morgan fingerprint density at radius 3 is 2.34 bits per heavy atom. The molecule has 0 unspecified atom stereocenters. The van der Waals surface area contributed by atoms with Gasteiger partial charge in [0.15, 0.2) is 0 Å². The summed E-state index contributed by atoms with van der Waals surface area (Å²) in [6.07, 6.45) is 1.36. The van der Waals surface area contributed by atoms with Crippen LogP contribution in [0.5, 0.6) is 0 Å². The van der Waals surface area contributed by atoms with Gasteiger partial charge in [-0.1, -0.05) is 42.5 Å². The predicted octanol–water partition coefficient (Wildman–Crippen LogP) is 3.93. The van der Waals surface area contributed by atoms with E-state index in [-0.39, 0.29) is 11.2 Å². The Labute approximate surface area is 223 Å². The third-order valence-corrected chi connectivity index (χ3v) is 9.01. The van der Waals surface area contributed by atoms with Crippen molar-refractivity contribution in [2.24, 2.45) is 0 Å². The fourth-order valence-electron chi connectivity index (χ4n) is 4.95. The van der Waals surface area contributed by atoms with Crippen LogP contribution in [-0.2, 0) is 21.4 Å². The van der Waals surface area contributed by atoms with Gasteiger partial charge >= 0.3 is 0 Å². The van der Waals surface area contributed by atoms with Crippen molar-refractivity contribution in [3.8, 4) is 0 Å². The number of amides is 1. The van der Waals surface area contributed by atoms with E-state index in [0.29, 0.717) is 41.1 Å². The van der Waals surface area contributed by atoms with Gasteiger partial charge in [-0.05, 0) is 54.3 Å². The van der Waals surface area contributed by atoms with Gasteiger partial charge in [-0.25, -0.2) is 8.42 Å². The molecule has 196 valence electrons. The van der Waals surface area contributed by atoms with Crippen molar-refractivity contribution in [2.45, 2.75) is 24.6 Å². The highest BCUT2D eigenvalue weighted by Gasteiger charge is 2.36. The first-order valence-corrected chi connectivity index (χ1v) is 14.6. The number of nitrogens with one attached hydrogen (secondary N) is 4. The van der Waals surface area contributed by atoms with Gasteiger partial charge in [-0.3, -0.25) is 14.4 Å². The van der Waals surface area contributed by atoms with Crippen LogP contribution in [0.1, 0.15) is 29.5 Å². The van der Waals surface area contributed by atoms with Gasteiger partial charge in [0.2, 0.25) is 10.0 Å². The Morgan fingerprint density at radius 2 is 1.63 bits per heavy atom. The monoisotopic (exact) mass is 529 g/mol. The maximum absolute atomic E-state index is 13.3. The Kier molecular flexibility index (Phi) is 6.65. The summed E-state index contributed by atoms with van der Waals surface area (Å²) in [5.74, 6) is -0.233. The number of anilines is 3. The molecule has 3 aromatic rings. The van der Waals surface area contributed by atoms with Crippen LogP contribution >= 0.6 is 0 Å². The molecule has 4 N–H and O–H groups in total. The molecule has 6 rings (SSSR count). The van der Waals surface area contributed by atoms with E-state index in [2.05, 4.69) is 37.7 Å². The average Bonchev–Trinajstić information content (AvgIpc) is 3.74. The molecule has 3 aliphatic rings. The second-order valence-electron chi connectivity index (χ2n) is 10.0. The Balaban J connectivity index is 1.33. The summed E-state index contributed by atoms with van der Waals surface area (Å²) in [5, 5.41) is 9.48. The third kappa shape index (κ3) is 5.31.